The summed E-state index contributed by atoms with van der Waals surface area (Å²) in [7, 11) is 0. The Hall–Kier alpha value is -3.15. The maximum atomic E-state index is 5.90. The second kappa shape index (κ2) is 7.23. The van der Waals surface area contributed by atoms with Crippen molar-refractivity contribution in [2.45, 2.75) is 33.7 Å². The van der Waals surface area contributed by atoms with E-state index in [1.807, 2.05) is 38.2 Å². The van der Waals surface area contributed by atoms with Crippen molar-refractivity contribution in [1.29, 1.82) is 0 Å². The summed E-state index contributed by atoms with van der Waals surface area (Å²) in [6.07, 6.45) is 2.74. The van der Waals surface area contributed by atoms with Crippen LogP contribution in [0.15, 0.2) is 47.1 Å². The van der Waals surface area contributed by atoms with Gasteiger partial charge in [0.15, 0.2) is 5.65 Å². The lowest BCUT2D eigenvalue weighted by atomic mass is 10.1. The summed E-state index contributed by atoms with van der Waals surface area (Å²) in [5.74, 6) is 0.783. The van der Waals surface area contributed by atoms with Crippen molar-refractivity contribution in [1.82, 2.24) is 19.7 Å². The molecule has 0 fully saturated rings. The molecule has 3 aromatic heterocycles. The SMILES string of the molecule is CCCOc1nc2ncc(-c3c(C)noc3C)cc2n1Cc1ccccc1. The standard InChI is InChI=1S/C21H22N4O2/c1-4-10-26-21-23-20-18(25(21)13-16-8-6-5-7-9-16)11-17(12-22-20)19-14(2)24-27-15(19)3/h5-9,11-12H,4,10,13H2,1-3H3. The van der Waals surface area contributed by atoms with Crippen LogP contribution < -0.4 is 4.74 Å². The van der Waals surface area contributed by atoms with Crippen LogP contribution in [0.1, 0.15) is 30.4 Å². The Labute approximate surface area is 157 Å². The number of nitrogens with zero attached hydrogens (tertiary/aromatic N) is 4. The Kier molecular flexibility index (Phi) is 4.62. The van der Waals surface area contributed by atoms with Gasteiger partial charge in [0.2, 0.25) is 0 Å². The molecule has 0 N–H and O–H groups in total. The second-order valence-corrected chi connectivity index (χ2v) is 6.58. The summed E-state index contributed by atoms with van der Waals surface area (Å²) in [5.41, 5.74) is 5.59. The number of pyridine rings is 1. The molecule has 0 bridgehead atoms. The summed E-state index contributed by atoms with van der Waals surface area (Å²) in [6.45, 7) is 7.22. The molecule has 0 radical (unpaired) electrons. The lowest BCUT2D eigenvalue weighted by molar-refractivity contribution is 0.282. The Morgan fingerprint density at radius 1 is 1.15 bits per heavy atom. The van der Waals surface area contributed by atoms with Crippen molar-refractivity contribution in [3.05, 3.63) is 59.6 Å². The van der Waals surface area contributed by atoms with Gasteiger partial charge in [0.05, 0.1) is 24.4 Å². The Balaban J connectivity index is 1.84. The summed E-state index contributed by atoms with van der Waals surface area (Å²) in [6, 6.07) is 13.0. The third-order valence-corrected chi connectivity index (χ3v) is 4.51. The van der Waals surface area contributed by atoms with Gasteiger partial charge in [-0.25, -0.2) is 4.98 Å². The summed E-state index contributed by atoms with van der Waals surface area (Å²) < 4.78 is 13.3. The molecule has 6 heteroatoms. The number of benzene rings is 1. The predicted octanol–water partition coefficient (Wildman–Crippen LogP) is 4.54. The molecule has 6 nitrogen and oxygen atoms in total. The molecule has 3 heterocycles. The molecule has 1 aromatic carbocycles. The molecule has 0 aliphatic rings. The molecular formula is C21H22N4O2. The van der Waals surface area contributed by atoms with Gasteiger partial charge in [0.1, 0.15) is 5.76 Å². The predicted molar refractivity (Wildman–Crippen MR) is 104 cm³/mol. The molecule has 138 valence electrons. The fourth-order valence-electron chi connectivity index (χ4n) is 3.24. The van der Waals surface area contributed by atoms with Gasteiger partial charge in [-0.3, -0.25) is 4.57 Å². The lowest BCUT2D eigenvalue weighted by Crippen LogP contribution is -2.06. The number of aryl methyl sites for hydroxylation is 2. The molecule has 27 heavy (non-hydrogen) atoms. The van der Waals surface area contributed by atoms with E-state index < -0.39 is 0 Å². The molecule has 0 saturated heterocycles. The highest BCUT2D eigenvalue weighted by atomic mass is 16.5. The molecule has 0 aliphatic carbocycles. The second-order valence-electron chi connectivity index (χ2n) is 6.58. The molecule has 0 spiro atoms. The molecule has 0 aliphatic heterocycles. The van der Waals surface area contributed by atoms with Crippen LogP contribution in [0, 0.1) is 13.8 Å². The van der Waals surface area contributed by atoms with Crippen LogP contribution in [0.5, 0.6) is 6.01 Å². The van der Waals surface area contributed by atoms with Crippen molar-refractivity contribution in [2.24, 2.45) is 0 Å². The van der Waals surface area contributed by atoms with E-state index in [2.05, 4.69) is 44.8 Å². The number of ether oxygens (including phenoxy) is 1. The van der Waals surface area contributed by atoms with Crippen molar-refractivity contribution in [3.63, 3.8) is 0 Å². The Morgan fingerprint density at radius 2 is 1.96 bits per heavy atom. The maximum Gasteiger partial charge on any atom is 0.299 e. The lowest BCUT2D eigenvalue weighted by Gasteiger charge is -2.10. The summed E-state index contributed by atoms with van der Waals surface area (Å²) in [5, 5.41) is 4.06. The monoisotopic (exact) mass is 362 g/mol. The van der Waals surface area contributed by atoms with E-state index in [1.54, 1.807) is 0 Å². The van der Waals surface area contributed by atoms with E-state index in [0.29, 0.717) is 24.8 Å². The highest BCUT2D eigenvalue weighted by Crippen LogP contribution is 2.30. The highest BCUT2D eigenvalue weighted by molar-refractivity contribution is 5.80. The van der Waals surface area contributed by atoms with Crippen LogP contribution >= 0.6 is 0 Å². The first-order valence-corrected chi connectivity index (χ1v) is 9.13. The van der Waals surface area contributed by atoms with Gasteiger partial charge in [0.25, 0.3) is 6.01 Å². The number of hydrogen-bond donors (Lipinski definition) is 0. The van der Waals surface area contributed by atoms with Gasteiger partial charge in [-0.1, -0.05) is 42.4 Å². The summed E-state index contributed by atoms with van der Waals surface area (Å²) in [4.78, 5) is 9.17. The molecule has 0 saturated carbocycles. The fourth-order valence-corrected chi connectivity index (χ4v) is 3.24. The zero-order chi connectivity index (χ0) is 18.8. The number of hydrogen-bond acceptors (Lipinski definition) is 5. The van der Waals surface area contributed by atoms with E-state index in [4.69, 9.17) is 9.26 Å². The van der Waals surface area contributed by atoms with Crippen LogP contribution in [0.4, 0.5) is 0 Å². The van der Waals surface area contributed by atoms with Crippen LogP contribution in [0.3, 0.4) is 0 Å². The van der Waals surface area contributed by atoms with Crippen LogP contribution in [-0.2, 0) is 6.54 Å². The first kappa shape index (κ1) is 17.3. The van der Waals surface area contributed by atoms with Crippen LogP contribution in [0.2, 0.25) is 0 Å². The van der Waals surface area contributed by atoms with Gasteiger partial charge >= 0.3 is 0 Å². The van der Waals surface area contributed by atoms with Gasteiger partial charge in [-0.2, -0.15) is 4.98 Å². The minimum atomic E-state index is 0.596. The quantitative estimate of drug-likeness (QED) is 0.504. The normalized spacial score (nSPS) is 11.2. The zero-order valence-corrected chi connectivity index (χ0v) is 15.8. The molecular weight excluding hydrogens is 340 g/mol. The van der Waals surface area contributed by atoms with E-state index >= 15 is 0 Å². The van der Waals surface area contributed by atoms with Crippen molar-refractivity contribution >= 4 is 11.2 Å². The van der Waals surface area contributed by atoms with Crippen molar-refractivity contribution in [3.8, 4) is 17.1 Å². The smallest absolute Gasteiger partial charge is 0.299 e. The number of aromatic nitrogens is 4. The molecule has 4 aromatic rings. The Bertz CT molecular complexity index is 1050. The van der Waals surface area contributed by atoms with E-state index in [0.717, 1.165) is 34.5 Å². The Morgan fingerprint density at radius 3 is 2.67 bits per heavy atom. The molecule has 0 atom stereocenters. The van der Waals surface area contributed by atoms with Crippen molar-refractivity contribution in [2.75, 3.05) is 6.61 Å². The third-order valence-electron chi connectivity index (χ3n) is 4.51. The van der Waals surface area contributed by atoms with Gasteiger partial charge in [0, 0.05) is 17.3 Å². The number of fused-ring (bicyclic) bond motifs is 1. The molecule has 4 rings (SSSR count). The van der Waals surface area contributed by atoms with Crippen molar-refractivity contribution < 1.29 is 9.26 Å². The average molecular weight is 362 g/mol. The highest BCUT2D eigenvalue weighted by Gasteiger charge is 2.17. The number of rotatable bonds is 6. The fraction of sp³-hybridized carbons (Fsp3) is 0.286. The minimum Gasteiger partial charge on any atom is -0.465 e. The number of imidazole rings is 1. The van der Waals surface area contributed by atoms with E-state index in [1.165, 1.54) is 5.56 Å². The van der Waals surface area contributed by atoms with E-state index in [-0.39, 0.29) is 0 Å². The first-order chi connectivity index (χ1) is 13.2. The maximum absolute atomic E-state index is 5.90. The topological polar surface area (TPSA) is 66.0 Å². The minimum absolute atomic E-state index is 0.596. The largest absolute Gasteiger partial charge is 0.465 e. The van der Waals surface area contributed by atoms with Gasteiger partial charge < -0.3 is 9.26 Å². The summed E-state index contributed by atoms with van der Waals surface area (Å²) >= 11 is 0. The van der Waals surface area contributed by atoms with Gasteiger partial charge in [-0.05, 0) is 31.9 Å². The van der Waals surface area contributed by atoms with Crippen LogP contribution in [0.25, 0.3) is 22.3 Å². The zero-order valence-electron chi connectivity index (χ0n) is 15.8. The van der Waals surface area contributed by atoms with Gasteiger partial charge in [-0.15, -0.1) is 0 Å². The molecule has 0 amide bonds. The first-order valence-electron chi connectivity index (χ1n) is 9.13. The third kappa shape index (κ3) is 3.30. The average Bonchev–Trinajstić information content (AvgIpc) is 3.20. The van der Waals surface area contributed by atoms with Crippen LogP contribution in [-0.4, -0.2) is 26.3 Å². The van der Waals surface area contributed by atoms with E-state index in [9.17, 15) is 0 Å². The molecule has 0 unspecified atom stereocenters.